The average molecular weight is 274 g/mol. The average Bonchev–Trinajstić information content (AvgIpc) is 2.39. The van der Waals surface area contributed by atoms with Gasteiger partial charge < -0.3 is 10.2 Å². The molecule has 0 bridgehead atoms. The Hall–Kier alpha value is -2.26. The smallest absolute Gasteiger partial charge is 0.344 e. The largest absolute Gasteiger partial charge is 0.422 e. The summed E-state index contributed by atoms with van der Waals surface area (Å²) in [5.74, 6) is 0. The summed E-state index contributed by atoms with van der Waals surface area (Å²) in [6, 6.07) is 16.6. The highest BCUT2D eigenvalue weighted by Crippen LogP contribution is 2.22. The molecular weight excluding hydrogens is 262 g/mol. The summed E-state index contributed by atoms with van der Waals surface area (Å²) in [5, 5.41) is 0.864. The van der Waals surface area contributed by atoms with Crippen LogP contribution in [0.1, 0.15) is 0 Å². The summed E-state index contributed by atoms with van der Waals surface area (Å²) >= 11 is 0. The molecule has 3 aromatic rings. The van der Waals surface area contributed by atoms with Crippen molar-refractivity contribution >= 4 is 29.1 Å². The van der Waals surface area contributed by atoms with Crippen LogP contribution in [0.3, 0.4) is 0 Å². The van der Waals surface area contributed by atoms with Gasteiger partial charge in [0, 0.05) is 17.1 Å². The highest BCUT2D eigenvalue weighted by atomic mass is 35.5. The third kappa shape index (κ3) is 2.46. The van der Waals surface area contributed by atoms with Crippen LogP contribution >= 0.6 is 12.4 Å². The van der Waals surface area contributed by atoms with Crippen molar-refractivity contribution in [2.45, 2.75) is 0 Å². The van der Waals surface area contributed by atoms with Gasteiger partial charge in [-0.3, -0.25) is 0 Å². The Morgan fingerprint density at radius 1 is 0.947 bits per heavy atom. The molecule has 0 saturated carbocycles. The van der Waals surface area contributed by atoms with E-state index in [9.17, 15) is 4.79 Å². The molecule has 0 unspecified atom stereocenters. The Morgan fingerprint density at radius 3 is 2.42 bits per heavy atom. The van der Waals surface area contributed by atoms with E-state index in [0.717, 1.165) is 10.9 Å². The van der Waals surface area contributed by atoms with Crippen molar-refractivity contribution < 1.29 is 4.42 Å². The van der Waals surface area contributed by atoms with E-state index in [-0.39, 0.29) is 18.0 Å². The third-order valence-electron chi connectivity index (χ3n) is 2.84. The fourth-order valence-corrected chi connectivity index (χ4v) is 1.95. The van der Waals surface area contributed by atoms with Crippen molar-refractivity contribution in [2.24, 2.45) is 0 Å². The van der Waals surface area contributed by atoms with Crippen LogP contribution in [-0.2, 0) is 0 Å². The number of nitrogens with two attached hydrogens (primary N) is 1. The molecular formula is C15H12ClNO2. The molecule has 0 aliphatic heterocycles. The van der Waals surface area contributed by atoms with Gasteiger partial charge in [0.2, 0.25) is 0 Å². The van der Waals surface area contributed by atoms with Gasteiger partial charge >= 0.3 is 5.63 Å². The van der Waals surface area contributed by atoms with Crippen LogP contribution in [0.2, 0.25) is 0 Å². The molecule has 0 saturated heterocycles. The molecule has 0 amide bonds. The maximum Gasteiger partial charge on any atom is 0.344 e. The zero-order valence-electron chi connectivity index (χ0n) is 10.00. The molecule has 96 valence electrons. The molecule has 0 spiro atoms. The number of halogens is 1. The normalized spacial score (nSPS) is 10.1. The van der Waals surface area contributed by atoms with Crippen molar-refractivity contribution in [3.63, 3.8) is 0 Å². The Bertz CT molecular complexity index is 766. The van der Waals surface area contributed by atoms with Gasteiger partial charge in [0.05, 0.1) is 5.56 Å². The van der Waals surface area contributed by atoms with Crippen molar-refractivity contribution in [2.75, 3.05) is 5.73 Å². The number of hydrogen-bond donors (Lipinski definition) is 1. The van der Waals surface area contributed by atoms with Crippen LogP contribution in [0.4, 0.5) is 5.69 Å². The Kier molecular flexibility index (Phi) is 3.58. The van der Waals surface area contributed by atoms with Gasteiger partial charge in [-0.1, -0.05) is 30.3 Å². The minimum absolute atomic E-state index is 0. The lowest BCUT2D eigenvalue weighted by Crippen LogP contribution is -2.02. The van der Waals surface area contributed by atoms with Crippen molar-refractivity contribution in [3.8, 4) is 11.1 Å². The van der Waals surface area contributed by atoms with Gasteiger partial charge in [-0.2, -0.15) is 0 Å². The van der Waals surface area contributed by atoms with Gasteiger partial charge in [-0.05, 0) is 23.8 Å². The van der Waals surface area contributed by atoms with Crippen LogP contribution in [0.15, 0.2) is 63.8 Å². The Morgan fingerprint density at radius 2 is 1.68 bits per heavy atom. The zero-order valence-corrected chi connectivity index (χ0v) is 10.8. The first-order chi connectivity index (χ1) is 8.74. The van der Waals surface area contributed by atoms with E-state index in [1.54, 1.807) is 12.1 Å². The molecule has 1 aromatic heterocycles. The zero-order chi connectivity index (χ0) is 12.5. The molecule has 0 aliphatic carbocycles. The Labute approximate surface area is 116 Å². The molecule has 0 radical (unpaired) electrons. The number of benzene rings is 2. The van der Waals surface area contributed by atoms with Gasteiger partial charge in [0.1, 0.15) is 5.58 Å². The minimum atomic E-state index is -0.348. The molecule has 0 fully saturated rings. The summed E-state index contributed by atoms with van der Waals surface area (Å²) < 4.78 is 5.29. The topological polar surface area (TPSA) is 56.2 Å². The fourth-order valence-electron chi connectivity index (χ4n) is 1.95. The lowest BCUT2D eigenvalue weighted by atomic mass is 10.1. The number of rotatable bonds is 1. The van der Waals surface area contributed by atoms with E-state index >= 15 is 0 Å². The SMILES string of the molecule is Cl.Nc1ccc2cc(-c3ccccc3)c(=O)oc2c1. The van der Waals surface area contributed by atoms with Crippen LogP contribution in [-0.4, -0.2) is 0 Å². The molecule has 19 heavy (non-hydrogen) atoms. The summed E-state index contributed by atoms with van der Waals surface area (Å²) in [6.45, 7) is 0. The van der Waals surface area contributed by atoms with E-state index < -0.39 is 0 Å². The second kappa shape index (κ2) is 5.16. The molecule has 0 aliphatic rings. The van der Waals surface area contributed by atoms with Crippen LogP contribution in [0, 0.1) is 0 Å². The van der Waals surface area contributed by atoms with Crippen molar-refractivity contribution in [1.29, 1.82) is 0 Å². The van der Waals surface area contributed by atoms with E-state index in [1.807, 2.05) is 42.5 Å². The molecule has 2 N–H and O–H groups in total. The predicted molar refractivity (Wildman–Crippen MR) is 79.6 cm³/mol. The minimum Gasteiger partial charge on any atom is -0.422 e. The summed E-state index contributed by atoms with van der Waals surface area (Å²) in [4.78, 5) is 11.9. The first-order valence-electron chi connectivity index (χ1n) is 5.63. The monoisotopic (exact) mass is 273 g/mol. The number of hydrogen-bond acceptors (Lipinski definition) is 3. The van der Waals surface area contributed by atoms with Crippen LogP contribution in [0.5, 0.6) is 0 Å². The highest BCUT2D eigenvalue weighted by molar-refractivity contribution is 5.85. The van der Waals surface area contributed by atoms with Gasteiger partial charge in [0.25, 0.3) is 0 Å². The van der Waals surface area contributed by atoms with E-state index in [1.165, 1.54) is 0 Å². The molecule has 1 heterocycles. The first-order valence-corrected chi connectivity index (χ1v) is 5.63. The molecule has 0 atom stereocenters. The Balaban J connectivity index is 0.00000133. The van der Waals surface area contributed by atoms with E-state index in [2.05, 4.69) is 0 Å². The lowest BCUT2D eigenvalue weighted by molar-refractivity contribution is 0.563. The van der Waals surface area contributed by atoms with Crippen molar-refractivity contribution in [3.05, 3.63) is 65.0 Å². The third-order valence-corrected chi connectivity index (χ3v) is 2.84. The summed E-state index contributed by atoms with van der Waals surface area (Å²) in [7, 11) is 0. The maximum atomic E-state index is 11.9. The van der Waals surface area contributed by atoms with Crippen LogP contribution < -0.4 is 11.4 Å². The van der Waals surface area contributed by atoms with Gasteiger partial charge in [0.15, 0.2) is 0 Å². The van der Waals surface area contributed by atoms with E-state index in [0.29, 0.717) is 16.8 Å². The number of fused-ring (bicyclic) bond motifs is 1. The summed E-state index contributed by atoms with van der Waals surface area (Å²) in [5.41, 5.74) is 7.82. The molecule has 3 rings (SSSR count). The highest BCUT2D eigenvalue weighted by Gasteiger charge is 2.07. The van der Waals surface area contributed by atoms with Crippen molar-refractivity contribution in [1.82, 2.24) is 0 Å². The number of anilines is 1. The summed E-state index contributed by atoms with van der Waals surface area (Å²) in [6.07, 6.45) is 0. The van der Waals surface area contributed by atoms with E-state index in [4.69, 9.17) is 10.2 Å². The predicted octanol–water partition coefficient (Wildman–Crippen LogP) is 3.46. The second-order valence-corrected chi connectivity index (χ2v) is 4.11. The van der Waals surface area contributed by atoms with Gasteiger partial charge in [-0.15, -0.1) is 12.4 Å². The van der Waals surface area contributed by atoms with Crippen LogP contribution in [0.25, 0.3) is 22.1 Å². The molecule has 3 nitrogen and oxygen atoms in total. The quantitative estimate of drug-likeness (QED) is 0.546. The maximum absolute atomic E-state index is 11.9. The second-order valence-electron chi connectivity index (χ2n) is 4.11. The van der Waals surface area contributed by atoms with Gasteiger partial charge in [-0.25, -0.2) is 4.79 Å². The number of nitrogen functional groups attached to an aromatic ring is 1. The fraction of sp³-hybridized carbons (Fsp3) is 0. The molecule has 4 heteroatoms. The molecule has 2 aromatic carbocycles. The first kappa shape index (κ1) is 13.2. The lowest BCUT2D eigenvalue weighted by Gasteiger charge is -2.02. The standard InChI is InChI=1S/C15H11NO2.ClH/c16-12-7-6-11-8-13(10-4-2-1-3-5-10)15(17)18-14(11)9-12;/h1-9H,16H2;1H.